The molecule has 134 valence electrons. The van der Waals surface area contributed by atoms with Crippen LogP contribution in [0.5, 0.6) is 0 Å². The smallest absolute Gasteiger partial charge is 0.255 e. The largest absolute Gasteiger partial charge is 0.339 e. The second-order valence-electron chi connectivity index (χ2n) is 6.93. The Bertz CT molecular complexity index is 944. The van der Waals surface area contributed by atoms with E-state index in [4.69, 9.17) is 0 Å². The van der Waals surface area contributed by atoms with Crippen molar-refractivity contribution in [2.45, 2.75) is 19.3 Å². The van der Waals surface area contributed by atoms with Crippen LogP contribution in [0.15, 0.2) is 42.7 Å². The van der Waals surface area contributed by atoms with Crippen molar-refractivity contribution in [3.8, 4) is 0 Å². The van der Waals surface area contributed by atoms with Gasteiger partial charge in [0, 0.05) is 26.3 Å². The van der Waals surface area contributed by atoms with Gasteiger partial charge >= 0.3 is 0 Å². The van der Waals surface area contributed by atoms with Gasteiger partial charge in [0.2, 0.25) is 0 Å². The first-order valence-corrected chi connectivity index (χ1v) is 8.92. The first kappa shape index (κ1) is 16.7. The molecule has 1 amide bonds. The van der Waals surface area contributed by atoms with Crippen LogP contribution in [0.25, 0.3) is 11.0 Å². The summed E-state index contributed by atoms with van der Waals surface area (Å²) in [6.45, 7) is 1.39. The van der Waals surface area contributed by atoms with Crippen molar-refractivity contribution in [3.05, 3.63) is 59.7 Å². The monoisotopic (exact) mass is 352 g/mol. The van der Waals surface area contributed by atoms with Crippen molar-refractivity contribution in [1.29, 1.82) is 0 Å². The van der Waals surface area contributed by atoms with Crippen molar-refractivity contribution < 1.29 is 9.18 Å². The number of hydrogen-bond acceptors (Lipinski definition) is 3. The highest BCUT2D eigenvalue weighted by molar-refractivity contribution is 5.96. The number of carbonyl (C=O) groups is 1. The minimum absolute atomic E-state index is 0.00458. The molecule has 1 fully saturated rings. The Morgan fingerprint density at radius 3 is 2.77 bits per heavy atom. The highest BCUT2D eigenvalue weighted by atomic mass is 19.1. The predicted molar refractivity (Wildman–Crippen MR) is 97.2 cm³/mol. The summed E-state index contributed by atoms with van der Waals surface area (Å²) < 4.78 is 15.5. The predicted octanol–water partition coefficient (Wildman–Crippen LogP) is 3.20. The summed E-state index contributed by atoms with van der Waals surface area (Å²) in [4.78, 5) is 19.0. The molecule has 3 aromatic rings. The molecule has 0 atom stereocenters. The molecule has 1 aromatic carbocycles. The standard InChI is InChI=1S/C20H21FN4O/c1-24-19-11-16(12-22-18(19)13-23-24)20(26)25-8-6-14(7-9-25)10-15-4-2-3-5-17(15)21/h2-5,11-14H,6-10H2,1H3. The Kier molecular flexibility index (Phi) is 4.41. The quantitative estimate of drug-likeness (QED) is 0.727. The number of pyridine rings is 1. The van der Waals surface area contributed by atoms with E-state index < -0.39 is 0 Å². The molecule has 0 aliphatic carbocycles. The molecule has 5 nitrogen and oxygen atoms in total. The molecule has 2 aromatic heterocycles. The molecule has 6 heteroatoms. The second-order valence-corrected chi connectivity index (χ2v) is 6.93. The van der Waals surface area contributed by atoms with Crippen LogP contribution in [0.1, 0.15) is 28.8 Å². The highest BCUT2D eigenvalue weighted by Crippen LogP contribution is 2.24. The van der Waals surface area contributed by atoms with Gasteiger partial charge < -0.3 is 4.90 Å². The molecule has 1 saturated heterocycles. The molecule has 3 heterocycles. The fourth-order valence-electron chi connectivity index (χ4n) is 3.64. The fraction of sp³-hybridized carbons (Fsp3) is 0.350. The maximum Gasteiger partial charge on any atom is 0.255 e. The highest BCUT2D eigenvalue weighted by Gasteiger charge is 2.25. The average Bonchev–Trinajstić information content (AvgIpc) is 3.04. The van der Waals surface area contributed by atoms with Gasteiger partial charge in [0.25, 0.3) is 5.91 Å². The zero-order valence-corrected chi connectivity index (χ0v) is 14.7. The van der Waals surface area contributed by atoms with Gasteiger partial charge in [-0.2, -0.15) is 5.10 Å². The zero-order chi connectivity index (χ0) is 18.1. The van der Waals surface area contributed by atoms with Gasteiger partial charge in [-0.25, -0.2) is 4.39 Å². The molecule has 0 saturated carbocycles. The summed E-state index contributed by atoms with van der Waals surface area (Å²) in [6.07, 6.45) is 5.83. The molecule has 1 aliphatic heterocycles. The Morgan fingerprint density at radius 1 is 1.23 bits per heavy atom. The Labute approximate surface area is 151 Å². The molecule has 1 aliphatic rings. The number of piperidine rings is 1. The summed E-state index contributed by atoms with van der Waals surface area (Å²) in [5, 5.41) is 4.16. The Balaban J connectivity index is 1.41. The lowest BCUT2D eigenvalue weighted by atomic mass is 9.90. The van der Waals surface area contributed by atoms with Crippen LogP contribution in [-0.4, -0.2) is 38.7 Å². The third-order valence-corrected chi connectivity index (χ3v) is 5.21. The number of rotatable bonds is 3. The Hall–Kier alpha value is -2.76. The number of halogens is 1. The molecule has 0 spiro atoms. The molecule has 0 unspecified atom stereocenters. The van der Waals surface area contributed by atoms with Gasteiger partial charge in [0.1, 0.15) is 11.3 Å². The van der Waals surface area contributed by atoms with Gasteiger partial charge in [-0.3, -0.25) is 14.5 Å². The summed E-state index contributed by atoms with van der Waals surface area (Å²) in [7, 11) is 1.84. The summed E-state index contributed by atoms with van der Waals surface area (Å²) in [6, 6.07) is 8.80. The molecular weight excluding hydrogens is 331 g/mol. The van der Waals surface area contributed by atoms with E-state index in [1.807, 2.05) is 30.1 Å². The second kappa shape index (κ2) is 6.86. The van der Waals surface area contributed by atoms with E-state index in [9.17, 15) is 9.18 Å². The van der Waals surface area contributed by atoms with E-state index in [0.717, 1.165) is 35.9 Å². The average molecular weight is 352 g/mol. The minimum atomic E-state index is -0.137. The molecule has 0 N–H and O–H groups in total. The zero-order valence-electron chi connectivity index (χ0n) is 14.7. The number of amides is 1. The van der Waals surface area contributed by atoms with Crippen LogP contribution in [0.3, 0.4) is 0 Å². The normalized spacial score (nSPS) is 15.5. The lowest BCUT2D eigenvalue weighted by molar-refractivity contribution is 0.0690. The van der Waals surface area contributed by atoms with Gasteiger partial charge in [0.15, 0.2) is 0 Å². The number of aromatic nitrogens is 3. The van der Waals surface area contributed by atoms with Crippen LogP contribution < -0.4 is 0 Å². The molecule has 4 rings (SSSR count). The van der Waals surface area contributed by atoms with E-state index in [0.29, 0.717) is 24.6 Å². The van der Waals surface area contributed by atoms with Crippen LogP contribution in [0.2, 0.25) is 0 Å². The van der Waals surface area contributed by atoms with Crippen LogP contribution in [-0.2, 0) is 13.5 Å². The number of aryl methyl sites for hydroxylation is 1. The van der Waals surface area contributed by atoms with Crippen molar-refractivity contribution in [2.75, 3.05) is 13.1 Å². The molecular formula is C20H21FN4O. The lowest BCUT2D eigenvalue weighted by Crippen LogP contribution is -2.39. The molecule has 0 bridgehead atoms. The Morgan fingerprint density at radius 2 is 2.00 bits per heavy atom. The SMILES string of the molecule is Cn1ncc2ncc(C(=O)N3CCC(Cc4ccccc4F)CC3)cc21. The van der Waals surface area contributed by atoms with Crippen molar-refractivity contribution in [2.24, 2.45) is 13.0 Å². The maximum atomic E-state index is 13.8. The van der Waals surface area contributed by atoms with Crippen LogP contribution >= 0.6 is 0 Å². The number of likely N-dealkylation sites (tertiary alicyclic amines) is 1. The number of hydrogen-bond donors (Lipinski definition) is 0. The third-order valence-electron chi connectivity index (χ3n) is 5.21. The molecule has 0 radical (unpaired) electrons. The van der Waals surface area contributed by atoms with E-state index in [1.54, 1.807) is 23.1 Å². The number of fused-ring (bicyclic) bond motifs is 1. The number of nitrogens with zero attached hydrogens (tertiary/aromatic N) is 4. The first-order chi connectivity index (χ1) is 12.6. The van der Waals surface area contributed by atoms with Gasteiger partial charge in [-0.15, -0.1) is 0 Å². The van der Waals surface area contributed by atoms with Crippen LogP contribution in [0.4, 0.5) is 4.39 Å². The van der Waals surface area contributed by atoms with E-state index >= 15 is 0 Å². The maximum absolute atomic E-state index is 13.8. The van der Waals surface area contributed by atoms with E-state index in [1.165, 1.54) is 6.07 Å². The lowest BCUT2D eigenvalue weighted by Gasteiger charge is -2.32. The summed E-state index contributed by atoms with van der Waals surface area (Å²) in [5.74, 6) is 0.278. The first-order valence-electron chi connectivity index (χ1n) is 8.92. The number of carbonyl (C=O) groups excluding carboxylic acids is 1. The van der Waals surface area contributed by atoms with Crippen LogP contribution in [0, 0.1) is 11.7 Å². The van der Waals surface area contributed by atoms with E-state index in [-0.39, 0.29) is 11.7 Å². The summed E-state index contributed by atoms with van der Waals surface area (Å²) >= 11 is 0. The minimum Gasteiger partial charge on any atom is -0.339 e. The van der Waals surface area contributed by atoms with Gasteiger partial charge in [-0.1, -0.05) is 18.2 Å². The van der Waals surface area contributed by atoms with Gasteiger partial charge in [-0.05, 0) is 42.9 Å². The van der Waals surface area contributed by atoms with E-state index in [2.05, 4.69) is 10.1 Å². The number of benzene rings is 1. The summed E-state index contributed by atoms with van der Waals surface area (Å²) in [5.41, 5.74) is 3.00. The van der Waals surface area contributed by atoms with Gasteiger partial charge in [0.05, 0.1) is 17.3 Å². The van der Waals surface area contributed by atoms with Crippen molar-refractivity contribution in [3.63, 3.8) is 0 Å². The third kappa shape index (κ3) is 3.19. The van der Waals surface area contributed by atoms with Crippen molar-refractivity contribution in [1.82, 2.24) is 19.7 Å². The molecule has 26 heavy (non-hydrogen) atoms. The topological polar surface area (TPSA) is 51.0 Å². The van der Waals surface area contributed by atoms with Crippen molar-refractivity contribution >= 4 is 16.9 Å². The fourth-order valence-corrected chi connectivity index (χ4v) is 3.64.